The minimum absolute atomic E-state index is 0.396. The fraction of sp³-hybridized carbons (Fsp3) is 0.933. The Hall–Kier alpha value is -1.50. The molecule has 0 bridgehead atoms. The summed E-state index contributed by atoms with van der Waals surface area (Å²) in [5.74, 6) is 2.92. The van der Waals surface area contributed by atoms with E-state index in [9.17, 15) is 0 Å². The third kappa shape index (κ3) is 9.96. The van der Waals surface area contributed by atoms with Crippen LogP contribution in [0.4, 0.5) is 0 Å². The van der Waals surface area contributed by atoms with Crippen LogP contribution >= 0.6 is 0 Å². The van der Waals surface area contributed by atoms with Gasteiger partial charge >= 0.3 is 0 Å². The Morgan fingerprint density at radius 1 is 0.784 bits per heavy atom. The van der Waals surface area contributed by atoms with Crippen LogP contribution in [0.5, 0.6) is 0 Å². The second-order valence-electron chi connectivity index (χ2n) is 12.6. The zero-order valence-electron chi connectivity index (χ0n) is 24.1. The van der Waals surface area contributed by atoms with Crippen molar-refractivity contribution < 1.29 is 4.74 Å². The van der Waals surface area contributed by atoms with E-state index in [4.69, 9.17) is 14.7 Å². The molecule has 0 aromatic rings. The molecule has 0 radical (unpaired) electrons. The van der Waals surface area contributed by atoms with Crippen molar-refractivity contribution in [3.05, 3.63) is 0 Å². The molecule has 7 heteroatoms. The first-order valence-electron chi connectivity index (χ1n) is 15.8. The lowest BCUT2D eigenvalue weighted by atomic mass is 9.82. The lowest BCUT2D eigenvalue weighted by molar-refractivity contribution is 0.0655. The van der Waals surface area contributed by atoms with Gasteiger partial charge in [0, 0.05) is 31.2 Å². The molecule has 37 heavy (non-hydrogen) atoms. The highest BCUT2D eigenvalue weighted by atomic mass is 16.5. The minimum atomic E-state index is 0.396. The lowest BCUT2D eigenvalue weighted by Crippen LogP contribution is -2.52. The Balaban J connectivity index is 1.32. The first-order valence-corrected chi connectivity index (χ1v) is 15.8. The summed E-state index contributed by atoms with van der Waals surface area (Å²) < 4.78 is 5.65. The van der Waals surface area contributed by atoms with Gasteiger partial charge in [-0.1, -0.05) is 51.4 Å². The van der Waals surface area contributed by atoms with Crippen molar-refractivity contribution in [2.45, 2.75) is 147 Å². The Bertz CT molecular complexity index is 707. The van der Waals surface area contributed by atoms with Crippen LogP contribution in [-0.2, 0) is 4.74 Å². The zero-order valence-corrected chi connectivity index (χ0v) is 24.1. The van der Waals surface area contributed by atoms with Crippen LogP contribution in [0.25, 0.3) is 0 Å². The standard InChI is InChI=1S/C30H56N6O/c1-23(2)31-29(33-26-12-6-4-7-13-26)32-24(3)21-25-11-10-16-28(22-25)35-30(36-17-19-37-20-18-36)34-27-14-8-5-9-15-27/h23-28H,4-22H2,1-3H3,(H,34,35)(H2,31,32,33). The van der Waals surface area contributed by atoms with E-state index in [1.54, 1.807) is 0 Å². The molecule has 3 N–H and O–H groups in total. The van der Waals surface area contributed by atoms with Crippen molar-refractivity contribution in [2.24, 2.45) is 15.9 Å². The van der Waals surface area contributed by atoms with E-state index in [-0.39, 0.29) is 0 Å². The van der Waals surface area contributed by atoms with Crippen LogP contribution < -0.4 is 16.0 Å². The molecule has 0 spiro atoms. The molecule has 3 atom stereocenters. The van der Waals surface area contributed by atoms with Gasteiger partial charge in [0.05, 0.1) is 25.3 Å². The van der Waals surface area contributed by atoms with Crippen LogP contribution in [0.2, 0.25) is 0 Å². The Morgan fingerprint density at radius 3 is 2.08 bits per heavy atom. The topological polar surface area (TPSA) is 73.3 Å². The highest BCUT2D eigenvalue weighted by molar-refractivity contribution is 5.81. The maximum atomic E-state index is 5.65. The number of hydrogen-bond donors (Lipinski definition) is 3. The molecule has 1 aliphatic heterocycles. The van der Waals surface area contributed by atoms with E-state index in [2.05, 4.69) is 41.6 Å². The quantitative estimate of drug-likeness (QED) is 0.320. The molecule has 3 unspecified atom stereocenters. The summed E-state index contributed by atoms with van der Waals surface area (Å²) in [6.45, 7) is 10.3. The molecular weight excluding hydrogens is 460 g/mol. The summed E-state index contributed by atoms with van der Waals surface area (Å²) in [6.07, 6.45) is 19.4. The summed E-state index contributed by atoms with van der Waals surface area (Å²) in [6, 6.07) is 2.33. The summed E-state index contributed by atoms with van der Waals surface area (Å²) in [7, 11) is 0. The van der Waals surface area contributed by atoms with E-state index in [1.165, 1.54) is 96.3 Å². The van der Waals surface area contributed by atoms with Crippen molar-refractivity contribution in [3.63, 3.8) is 0 Å². The molecule has 3 saturated carbocycles. The SMILES string of the molecule is CC(C)N/C(=N\C1CCCCC1)NC(C)CC1CCCC(N/C(=N/C2CCCCC2)N2CCOCC2)C1. The monoisotopic (exact) mass is 516 g/mol. The number of ether oxygens (including phenoxy) is 1. The first-order chi connectivity index (χ1) is 18.0. The maximum absolute atomic E-state index is 5.65. The average Bonchev–Trinajstić information content (AvgIpc) is 2.90. The van der Waals surface area contributed by atoms with Gasteiger partial charge in [0.1, 0.15) is 0 Å². The molecule has 1 heterocycles. The van der Waals surface area contributed by atoms with Crippen LogP contribution in [0.3, 0.4) is 0 Å². The number of nitrogens with zero attached hydrogens (tertiary/aromatic N) is 3. The van der Waals surface area contributed by atoms with Gasteiger partial charge in [-0.15, -0.1) is 0 Å². The van der Waals surface area contributed by atoms with Crippen LogP contribution in [0, 0.1) is 5.92 Å². The number of nitrogens with one attached hydrogen (secondary N) is 3. The molecule has 212 valence electrons. The van der Waals surface area contributed by atoms with Crippen molar-refractivity contribution in [1.29, 1.82) is 0 Å². The van der Waals surface area contributed by atoms with E-state index in [0.29, 0.717) is 30.2 Å². The summed E-state index contributed by atoms with van der Waals surface area (Å²) in [4.78, 5) is 12.9. The molecule has 4 aliphatic rings. The smallest absolute Gasteiger partial charge is 0.194 e. The zero-order chi connectivity index (χ0) is 25.9. The summed E-state index contributed by atoms with van der Waals surface area (Å²) >= 11 is 0. The number of guanidine groups is 2. The number of rotatable bonds is 7. The van der Waals surface area contributed by atoms with E-state index in [1.807, 2.05) is 0 Å². The molecule has 7 nitrogen and oxygen atoms in total. The predicted octanol–water partition coefficient (Wildman–Crippen LogP) is 5.21. The highest BCUT2D eigenvalue weighted by Crippen LogP contribution is 2.29. The molecule has 1 saturated heterocycles. The van der Waals surface area contributed by atoms with Crippen molar-refractivity contribution in [3.8, 4) is 0 Å². The third-order valence-electron chi connectivity index (χ3n) is 8.69. The van der Waals surface area contributed by atoms with Gasteiger partial charge in [-0.05, 0) is 71.6 Å². The van der Waals surface area contributed by atoms with Gasteiger partial charge in [0.2, 0.25) is 0 Å². The Kier molecular flexibility index (Phi) is 11.7. The predicted molar refractivity (Wildman–Crippen MR) is 155 cm³/mol. The second-order valence-corrected chi connectivity index (χ2v) is 12.6. The van der Waals surface area contributed by atoms with Crippen molar-refractivity contribution in [1.82, 2.24) is 20.9 Å². The molecule has 3 aliphatic carbocycles. The summed E-state index contributed by atoms with van der Waals surface area (Å²) in [5, 5.41) is 11.3. The van der Waals surface area contributed by atoms with E-state index >= 15 is 0 Å². The van der Waals surface area contributed by atoms with Crippen LogP contribution in [0.15, 0.2) is 9.98 Å². The minimum Gasteiger partial charge on any atom is -0.378 e. The van der Waals surface area contributed by atoms with Gasteiger partial charge < -0.3 is 25.6 Å². The lowest BCUT2D eigenvalue weighted by Gasteiger charge is -2.37. The van der Waals surface area contributed by atoms with Gasteiger partial charge in [-0.25, -0.2) is 9.98 Å². The van der Waals surface area contributed by atoms with Crippen molar-refractivity contribution >= 4 is 11.9 Å². The first kappa shape index (κ1) is 28.5. The summed E-state index contributed by atoms with van der Waals surface area (Å²) in [5.41, 5.74) is 0. The molecular formula is C30H56N6O. The number of morpholine rings is 1. The maximum Gasteiger partial charge on any atom is 0.194 e. The van der Waals surface area contributed by atoms with E-state index < -0.39 is 0 Å². The molecule has 0 aromatic heterocycles. The van der Waals surface area contributed by atoms with E-state index in [0.717, 1.165) is 44.1 Å². The van der Waals surface area contributed by atoms with Gasteiger partial charge in [0.15, 0.2) is 11.9 Å². The van der Waals surface area contributed by atoms with Gasteiger partial charge in [0.25, 0.3) is 0 Å². The van der Waals surface area contributed by atoms with Crippen LogP contribution in [-0.4, -0.2) is 73.3 Å². The Morgan fingerprint density at radius 2 is 1.43 bits per heavy atom. The van der Waals surface area contributed by atoms with Crippen molar-refractivity contribution in [2.75, 3.05) is 26.3 Å². The highest BCUT2D eigenvalue weighted by Gasteiger charge is 2.27. The second kappa shape index (κ2) is 15.2. The molecule has 0 aromatic carbocycles. The third-order valence-corrected chi connectivity index (χ3v) is 8.69. The number of aliphatic imine (C=N–C) groups is 2. The fourth-order valence-corrected chi connectivity index (χ4v) is 6.76. The van der Waals surface area contributed by atoms with Crippen LogP contribution in [0.1, 0.15) is 117 Å². The van der Waals surface area contributed by atoms with Gasteiger partial charge in [-0.3, -0.25) is 0 Å². The Labute approximate surface area is 227 Å². The normalized spacial score (nSPS) is 28.3. The molecule has 0 amide bonds. The molecule has 4 fully saturated rings. The number of hydrogen-bond acceptors (Lipinski definition) is 3. The largest absolute Gasteiger partial charge is 0.378 e. The fourth-order valence-electron chi connectivity index (χ4n) is 6.76. The van der Waals surface area contributed by atoms with Gasteiger partial charge in [-0.2, -0.15) is 0 Å². The molecule has 4 rings (SSSR count). The average molecular weight is 517 g/mol.